The molecule has 8 atom stereocenters. The van der Waals surface area contributed by atoms with Gasteiger partial charge in [-0.25, -0.2) is 0 Å². The lowest BCUT2D eigenvalue weighted by Gasteiger charge is -2.17. The Morgan fingerprint density at radius 1 is 0.575 bits per heavy atom. The van der Waals surface area contributed by atoms with E-state index in [9.17, 15) is 16.8 Å². The van der Waals surface area contributed by atoms with Crippen molar-refractivity contribution in [2.45, 2.75) is 72.5 Å². The van der Waals surface area contributed by atoms with E-state index < -0.39 is 56.9 Å². The van der Waals surface area contributed by atoms with Crippen molar-refractivity contribution in [2.24, 2.45) is 0 Å². The topological polar surface area (TPSA) is 164 Å². The average molecular weight is 601 g/mol. The number of hydrogen-bond donors (Lipinski definition) is 2. The van der Waals surface area contributed by atoms with Crippen LogP contribution in [0, 0.1) is 13.8 Å². The van der Waals surface area contributed by atoms with E-state index in [1.54, 1.807) is 24.3 Å². The Morgan fingerprint density at radius 3 is 1.25 bits per heavy atom. The molecule has 0 bridgehead atoms. The van der Waals surface area contributed by atoms with Crippen LogP contribution in [0.5, 0.6) is 0 Å². The Kier molecular flexibility index (Phi) is 8.65. The molecule has 12 nitrogen and oxygen atoms in total. The fourth-order valence-electron chi connectivity index (χ4n) is 4.90. The van der Waals surface area contributed by atoms with E-state index in [1.807, 2.05) is 13.8 Å². The predicted molar refractivity (Wildman–Crippen MR) is 137 cm³/mol. The zero-order chi connectivity index (χ0) is 28.7. The van der Waals surface area contributed by atoms with Crippen LogP contribution in [0.3, 0.4) is 0 Å². The van der Waals surface area contributed by atoms with Crippen LogP contribution in [0.15, 0.2) is 58.3 Å². The van der Waals surface area contributed by atoms with E-state index in [0.29, 0.717) is 0 Å². The van der Waals surface area contributed by atoms with Crippen molar-refractivity contribution in [3.63, 3.8) is 0 Å². The molecule has 0 amide bonds. The van der Waals surface area contributed by atoms with E-state index >= 15 is 0 Å². The molecule has 4 saturated heterocycles. The molecule has 2 N–H and O–H groups in total. The molecular weight excluding hydrogens is 568 g/mol. The van der Waals surface area contributed by atoms with Gasteiger partial charge in [-0.2, -0.15) is 16.8 Å². The Labute approximate surface area is 233 Å². The molecule has 4 aliphatic rings. The summed E-state index contributed by atoms with van der Waals surface area (Å²) >= 11 is 0. The lowest BCUT2D eigenvalue weighted by atomic mass is 10.1. The van der Waals surface area contributed by atoms with Crippen LogP contribution in [0.2, 0.25) is 0 Å². The van der Waals surface area contributed by atoms with Gasteiger partial charge >= 0.3 is 0 Å². The summed E-state index contributed by atoms with van der Waals surface area (Å²) in [4.78, 5) is 0.0635. The van der Waals surface area contributed by atoms with Gasteiger partial charge in [-0.1, -0.05) is 35.4 Å². The highest BCUT2D eigenvalue weighted by Crippen LogP contribution is 2.34. The lowest BCUT2D eigenvalue weighted by Crippen LogP contribution is -2.36. The molecule has 4 fully saturated rings. The summed E-state index contributed by atoms with van der Waals surface area (Å²) in [6.45, 7) is 4.17. The summed E-state index contributed by atoms with van der Waals surface area (Å²) < 4.78 is 82.2. The first kappa shape index (κ1) is 29.5. The first-order valence-electron chi connectivity index (χ1n) is 12.8. The minimum atomic E-state index is -4.02. The molecule has 40 heavy (non-hydrogen) atoms. The standard InChI is InChI=1S/C20H22O8S2.C6H10O4/c1-13-3-7-15(8-4-13)29(21,22)27-17-11-25-20-18(12-26-19(17)20)28-30(23,24)16-9-5-14(2)6-10-16;7-3-1-9-6-4(8)2-10-5(3)6/h3-10,17-20H,11-12H2,1-2H3;3-8H,1-2H2/t17-,18+,19-,20-;3-,4+,5-,6-/m11/s1. The first-order valence-corrected chi connectivity index (χ1v) is 15.6. The molecule has 0 saturated carbocycles. The number of aliphatic hydroxyl groups is 2. The minimum Gasteiger partial charge on any atom is -0.388 e. The Balaban J connectivity index is 0.000000269. The number of hydrogen-bond acceptors (Lipinski definition) is 12. The summed E-state index contributed by atoms with van der Waals surface area (Å²) in [5, 5.41) is 18.3. The van der Waals surface area contributed by atoms with E-state index in [1.165, 1.54) is 24.3 Å². The Hall–Kier alpha value is -1.98. The maximum Gasteiger partial charge on any atom is 0.297 e. The summed E-state index contributed by atoms with van der Waals surface area (Å²) in [6, 6.07) is 12.6. The van der Waals surface area contributed by atoms with Gasteiger partial charge in [0.15, 0.2) is 0 Å². The van der Waals surface area contributed by atoms with Gasteiger partial charge in [0.2, 0.25) is 0 Å². The SMILES string of the molecule is Cc1ccc(S(=O)(=O)O[C@H]2CO[C@H]3[C@@H]2OC[C@H]3OS(=O)(=O)c2ccc(C)cc2)cc1.O[C@@H]1CO[C@H]2[C@@H]1OC[C@@H]2O. The lowest BCUT2D eigenvalue weighted by molar-refractivity contribution is 0.00205. The molecule has 6 rings (SSSR count). The van der Waals surface area contributed by atoms with Gasteiger partial charge < -0.3 is 29.2 Å². The van der Waals surface area contributed by atoms with Gasteiger partial charge in [0.1, 0.15) is 48.8 Å². The van der Waals surface area contributed by atoms with E-state index in [-0.39, 0.29) is 48.4 Å². The van der Waals surface area contributed by atoms with Crippen molar-refractivity contribution in [2.75, 3.05) is 26.4 Å². The number of aliphatic hydroxyl groups excluding tert-OH is 2. The number of rotatable bonds is 6. The third-order valence-corrected chi connectivity index (χ3v) is 9.78. The molecule has 14 heteroatoms. The molecule has 220 valence electrons. The van der Waals surface area contributed by atoms with E-state index in [4.69, 9.17) is 37.5 Å². The normalized spacial score (nSPS) is 33.3. The van der Waals surface area contributed by atoms with E-state index in [0.717, 1.165) is 11.1 Å². The number of benzene rings is 2. The summed E-state index contributed by atoms with van der Waals surface area (Å²) in [5.41, 5.74) is 1.85. The molecule has 0 unspecified atom stereocenters. The third-order valence-electron chi connectivity index (χ3n) is 7.08. The molecule has 0 aromatic heterocycles. The van der Waals surface area contributed by atoms with Crippen molar-refractivity contribution in [3.05, 3.63) is 59.7 Å². The quantitative estimate of drug-likeness (QED) is 0.441. The fourth-order valence-corrected chi connectivity index (χ4v) is 7.04. The highest BCUT2D eigenvalue weighted by Gasteiger charge is 2.52. The number of aryl methyl sites for hydroxylation is 2. The van der Waals surface area contributed by atoms with Gasteiger partial charge in [-0.15, -0.1) is 0 Å². The first-order chi connectivity index (χ1) is 18.9. The predicted octanol–water partition coefficient (Wildman–Crippen LogP) is 0.455. The smallest absolute Gasteiger partial charge is 0.297 e. The van der Waals surface area contributed by atoms with Gasteiger partial charge in [0.25, 0.3) is 20.2 Å². The fraction of sp³-hybridized carbons (Fsp3) is 0.538. The minimum absolute atomic E-state index is 0.0318. The van der Waals surface area contributed by atoms with Gasteiger partial charge in [-0.05, 0) is 38.1 Å². The molecule has 0 spiro atoms. The maximum atomic E-state index is 12.6. The monoisotopic (exact) mass is 600 g/mol. The van der Waals surface area contributed by atoms with Crippen molar-refractivity contribution in [3.8, 4) is 0 Å². The number of fused-ring (bicyclic) bond motifs is 2. The van der Waals surface area contributed by atoms with Crippen LogP contribution < -0.4 is 0 Å². The number of ether oxygens (including phenoxy) is 4. The maximum absolute atomic E-state index is 12.6. The van der Waals surface area contributed by atoms with Crippen LogP contribution in [0.1, 0.15) is 11.1 Å². The molecule has 2 aromatic carbocycles. The zero-order valence-electron chi connectivity index (χ0n) is 21.9. The van der Waals surface area contributed by atoms with Gasteiger partial charge in [0, 0.05) is 0 Å². The highest BCUT2D eigenvalue weighted by molar-refractivity contribution is 7.87. The van der Waals surface area contributed by atoms with Crippen molar-refractivity contribution in [1.82, 2.24) is 0 Å². The van der Waals surface area contributed by atoms with Crippen molar-refractivity contribution in [1.29, 1.82) is 0 Å². The summed E-state index contributed by atoms with van der Waals surface area (Å²) in [5.74, 6) is 0. The molecule has 4 heterocycles. The molecule has 2 aromatic rings. The second-order valence-electron chi connectivity index (χ2n) is 10.1. The van der Waals surface area contributed by atoms with Crippen molar-refractivity contribution >= 4 is 20.2 Å². The van der Waals surface area contributed by atoms with Crippen molar-refractivity contribution < 1.29 is 54.4 Å². The Morgan fingerprint density at radius 2 is 0.900 bits per heavy atom. The molecule has 0 radical (unpaired) electrons. The highest BCUT2D eigenvalue weighted by atomic mass is 32.2. The second-order valence-corrected chi connectivity index (χ2v) is 13.3. The third kappa shape index (κ3) is 6.26. The largest absolute Gasteiger partial charge is 0.388 e. The van der Waals surface area contributed by atoms with Crippen LogP contribution >= 0.6 is 0 Å². The van der Waals surface area contributed by atoms with Gasteiger partial charge in [0.05, 0.1) is 36.2 Å². The molecule has 0 aliphatic carbocycles. The molecular formula is C26H32O12S2. The van der Waals surface area contributed by atoms with Gasteiger partial charge in [-0.3, -0.25) is 8.37 Å². The van der Waals surface area contributed by atoms with Crippen LogP contribution in [-0.2, 0) is 47.5 Å². The van der Waals surface area contributed by atoms with Crippen LogP contribution in [0.25, 0.3) is 0 Å². The summed E-state index contributed by atoms with van der Waals surface area (Å²) in [6.07, 6.45) is -4.98. The van der Waals surface area contributed by atoms with E-state index in [2.05, 4.69) is 0 Å². The average Bonchev–Trinajstić information content (AvgIpc) is 3.67. The zero-order valence-corrected chi connectivity index (χ0v) is 23.5. The summed E-state index contributed by atoms with van der Waals surface area (Å²) in [7, 11) is -8.04. The van der Waals surface area contributed by atoms with Crippen LogP contribution in [0.4, 0.5) is 0 Å². The van der Waals surface area contributed by atoms with Crippen LogP contribution in [-0.4, -0.2) is 102 Å². The molecule has 4 aliphatic heterocycles. The Bertz CT molecular complexity index is 1270. The second kappa shape index (κ2) is 11.7.